The summed E-state index contributed by atoms with van der Waals surface area (Å²) in [4.78, 5) is 15.0. The number of amides is 1. The highest BCUT2D eigenvalue weighted by Crippen LogP contribution is 2.30. The zero-order valence-electron chi connectivity index (χ0n) is 19.1. The molecule has 1 N–H and O–H groups in total. The Balaban J connectivity index is 0.00000342. The highest BCUT2D eigenvalue weighted by Gasteiger charge is 2.30. The minimum atomic E-state index is -4.37. The van der Waals surface area contributed by atoms with Crippen LogP contribution in [-0.4, -0.2) is 29.9 Å². The van der Waals surface area contributed by atoms with Gasteiger partial charge in [-0.3, -0.25) is 9.69 Å². The minimum Gasteiger partial charge on any atom is -0.489 e. The Bertz CT molecular complexity index is 1070. The first-order chi connectivity index (χ1) is 16.4. The van der Waals surface area contributed by atoms with E-state index >= 15 is 0 Å². The van der Waals surface area contributed by atoms with Gasteiger partial charge in [0.1, 0.15) is 12.4 Å². The van der Waals surface area contributed by atoms with Gasteiger partial charge in [-0.1, -0.05) is 42.5 Å². The quantitative estimate of drug-likeness (QED) is 0.422. The number of ether oxygens (including phenoxy) is 1. The molecule has 0 radical (unpaired) electrons. The zero-order chi connectivity index (χ0) is 24.0. The molecule has 8 heteroatoms. The van der Waals surface area contributed by atoms with Crippen LogP contribution in [0.3, 0.4) is 0 Å². The van der Waals surface area contributed by atoms with Gasteiger partial charge in [-0.15, -0.1) is 12.4 Å². The Morgan fingerprint density at radius 1 is 0.886 bits per heavy atom. The molecule has 0 bridgehead atoms. The second-order valence-corrected chi connectivity index (χ2v) is 8.52. The third-order valence-corrected chi connectivity index (χ3v) is 5.98. The Labute approximate surface area is 209 Å². The summed E-state index contributed by atoms with van der Waals surface area (Å²) in [5.41, 5.74) is 1.99. The third kappa shape index (κ3) is 7.73. The van der Waals surface area contributed by atoms with Gasteiger partial charge in [0, 0.05) is 31.2 Å². The van der Waals surface area contributed by atoms with E-state index in [9.17, 15) is 18.0 Å². The summed E-state index contributed by atoms with van der Waals surface area (Å²) in [6.07, 6.45) is -2.54. The van der Waals surface area contributed by atoms with Gasteiger partial charge in [-0.2, -0.15) is 13.2 Å². The number of carbonyl (C=O) groups is 1. The molecular weight excluding hydrogens is 477 g/mol. The van der Waals surface area contributed by atoms with Crippen molar-refractivity contribution in [1.82, 2.24) is 10.2 Å². The smallest absolute Gasteiger partial charge is 0.416 e. The van der Waals surface area contributed by atoms with E-state index in [1.807, 2.05) is 6.07 Å². The number of hydrogen-bond donors (Lipinski definition) is 1. The molecule has 0 spiro atoms. The molecule has 1 fully saturated rings. The average Bonchev–Trinajstić information content (AvgIpc) is 2.84. The summed E-state index contributed by atoms with van der Waals surface area (Å²) in [6, 6.07) is 22.2. The van der Waals surface area contributed by atoms with Gasteiger partial charge in [0.15, 0.2) is 0 Å². The molecule has 0 aromatic heterocycles. The second-order valence-electron chi connectivity index (χ2n) is 8.52. The number of rotatable bonds is 7. The summed E-state index contributed by atoms with van der Waals surface area (Å²) in [6.45, 7) is 3.02. The maximum Gasteiger partial charge on any atom is 0.416 e. The Kier molecular flexibility index (Phi) is 9.18. The summed E-state index contributed by atoms with van der Waals surface area (Å²) >= 11 is 0. The number of hydrogen-bond acceptors (Lipinski definition) is 3. The molecule has 3 aromatic rings. The second kappa shape index (κ2) is 12.1. The normalized spacial score (nSPS) is 14.7. The van der Waals surface area contributed by atoms with Crippen molar-refractivity contribution in [2.24, 2.45) is 0 Å². The van der Waals surface area contributed by atoms with Crippen LogP contribution >= 0.6 is 12.4 Å². The Morgan fingerprint density at radius 3 is 2.11 bits per heavy atom. The van der Waals surface area contributed by atoms with Gasteiger partial charge in [0.25, 0.3) is 5.91 Å². The van der Waals surface area contributed by atoms with Crippen molar-refractivity contribution < 1.29 is 22.7 Å². The van der Waals surface area contributed by atoms with Gasteiger partial charge in [0.2, 0.25) is 0 Å². The lowest BCUT2D eigenvalue weighted by atomic mass is 10.0. The molecule has 0 saturated carbocycles. The first kappa shape index (κ1) is 26.6. The maximum atomic E-state index is 12.6. The maximum absolute atomic E-state index is 12.6. The van der Waals surface area contributed by atoms with Crippen LogP contribution in [-0.2, 0) is 19.3 Å². The molecule has 4 rings (SSSR count). The molecule has 35 heavy (non-hydrogen) atoms. The van der Waals surface area contributed by atoms with Gasteiger partial charge in [0.05, 0.1) is 5.56 Å². The van der Waals surface area contributed by atoms with Crippen LogP contribution < -0.4 is 10.1 Å². The van der Waals surface area contributed by atoms with E-state index in [1.54, 1.807) is 24.3 Å². The Morgan fingerprint density at radius 2 is 1.51 bits per heavy atom. The van der Waals surface area contributed by atoms with Crippen molar-refractivity contribution in [3.05, 3.63) is 101 Å². The molecule has 186 valence electrons. The van der Waals surface area contributed by atoms with Crippen LogP contribution in [0.5, 0.6) is 5.75 Å². The number of nitrogens with zero attached hydrogens (tertiary/aromatic N) is 1. The molecule has 1 saturated heterocycles. The molecule has 0 atom stereocenters. The number of benzene rings is 3. The zero-order valence-corrected chi connectivity index (χ0v) is 19.9. The lowest BCUT2D eigenvalue weighted by Crippen LogP contribution is -2.44. The van der Waals surface area contributed by atoms with Crippen molar-refractivity contribution in [3.8, 4) is 5.75 Å². The predicted molar refractivity (Wildman–Crippen MR) is 132 cm³/mol. The Hall–Kier alpha value is -3.03. The molecule has 0 unspecified atom stereocenters. The van der Waals surface area contributed by atoms with Gasteiger partial charge < -0.3 is 10.1 Å². The largest absolute Gasteiger partial charge is 0.489 e. The van der Waals surface area contributed by atoms with E-state index < -0.39 is 11.7 Å². The van der Waals surface area contributed by atoms with Crippen LogP contribution in [0.2, 0.25) is 0 Å². The van der Waals surface area contributed by atoms with Gasteiger partial charge in [-0.25, -0.2) is 0 Å². The fraction of sp³-hybridized carbons (Fsp3) is 0.296. The highest BCUT2D eigenvalue weighted by atomic mass is 35.5. The van der Waals surface area contributed by atoms with E-state index in [-0.39, 0.29) is 31.0 Å². The fourth-order valence-corrected chi connectivity index (χ4v) is 4.00. The monoisotopic (exact) mass is 504 g/mol. The molecule has 1 heterocycles. The molecule has 1 aliphatic heterocycles. The predicted octanol–water partition coefficient (Wildman–Crippen LogP) is 6.10. The number of piperidine rings is 1. The number of alkyl halides is 3. The van der Waals surface area contributed by atoms with E-state index in [1.165, 1.54) is 17.7 Å². The molecule has 1 amide bonds. The van der Waals surface area contributed by atoms with Crippen LogP contribution in [0, 0.1) is 0 Å². The van der Waals surface area contributed by atoms with E-state index in [0.717, 1.165) is 50.2 Å². The molecular formula is C27H28ClF3N2O2. The number of carbonyl (C=O) groups excluding carboxylic acids is 1. The number of likely N-dealkylation sites (tertiary alicyclic amines) is 1. The summed E-state index contributed by atoms with van der Waals surface area (Å²) in [7, 11) is 0. The summed E-state index contributed by atoms with van der Waals surface area (Å²) in [5, 5.41) is 3.13. The van der Waals surface area contributed by atoms with E-state index in [4.69, 9.17) is 4.74 Å². The minimum absolute atomic E-state index is 0. The van der Waals surface area contributed by atoms with Crippen LogP contribution in [0.15, 0.2) is 78.9 Å². The van der Waals surface area contributed by atoms with E-state index in [2.05, 4.69) is 34.5 Å². The van der Waals surface area contributed by atoms with Crippen molar-refractivity contribution >= 4 is 18.3 Å². The summed E-state index contributed by atoms with van der Waals surface area (Å²) < 4.78 is 43.5. The standard InChI is InChI=1S/C27H27F3N2O2.ClH/c28-27(29,30)23-10-12-25(13-11-23)34-19-21-6-8-22(9-7-21)26(33)31-24-14-16-32(17-15-24)18-20-4-2-1-3-5-20;/h1-13,24H,14-19H2,(H,31,33);1H. The SMILES string of the molecule is Cl.O=C(NC1CCN(Cc2ccccc2)CC1)c1ccc(COc2ccc(C(F)(F)F)cc2)cc1. The number of nitrogens with one attached hydrogen (secondary N) is 1. The van der Waals surface area contributed by atoms with Crippen LogP contribution in [0.25, 0.3) is 0 Å². The van der Waals surface area contributed by atoms with E-state index in [0.29, 0.717) is 11.3 Å². The first-order valence-corrected chi connectivity index (χ1v) is 11.3. The molecule has 4 nitrogen and oxygen atoms in total. The topological polar surface area (TPSA) is 41.6 Å². The molecule has 0 aliphatic carbocycles. The van der Waals surface area contributed by atoms with Crippen molar-refractivity contribution in [2.45, 2.75) is 38.2 Å². The highest BCUT2D eigenvalue weighted by molar-refractivity contribution is 5.94. The summed E-state index contributed by atoms with van der Waals surface area (Å²) in [5.74, 6) is 0.255. The lowest BCUT2D eigenvalue weighted by molar-refractivity contribution is -0.137. The fourth-order valence-electron chi connectivity index (χ4n) is 4.00. The van der Waals surface area contributed by atoms with Crippen molar-refractivity contribution in [1.29, 1.82) is 0 Å². The van der Waals surface area contributed by atoms with Gasteiger partial charge in [-0.05, 0) is 60.4 Å². The van der Waals surface area contributed by atoms with Crippen molar-refractivity contribution in [2.75, 3.05) is 13.1 Å². The van der Waals surface area contributed by atoms with Gasteiger partial charge >= 0.3 is 6.18 Å². The average molecular weight is 505 g/mol. The van der Waals surface area contributed by atoms with Crippen molar-refractivity contribution in [3.63, 3.8) is 0 Å². The molecule has 3 aromatic carbocycles. The van der Waals surface area contributed by atoms with Crippen LogP contribution in [0.1, 0.15) is 39.9 Å². The lowest BCUT2D eigenvalue weighted by Gasteiger charge is -2.32. The number of halogens is 4. The third-order valence-electron chi connectivity index (χ3n) is 5.98. The first-order valence-electron chi connectivity index (χ1n) is 11.3. The van der Waals surface area contributed by atoms with Crippen LogP contribution in [0.4, 0.5) is 13.2 Å². The molecule has 1 aliphatic rings.